The van der Waals surface area contributed by atoms with Gasteiger partial charge in [-0.1, -0.05) is 11.6 Å². The highest BCUT2D eigenvalue weighted by atomic mass is 16.6. The van der Waals surface area contributed by atoms with E-state index in [0.29, 0.717) is 13.0 Å². The molecule has 1 aliphatic rings. The number of amides is 3. The maximum Gasteiger partial charge on any atom is 0.414 e. The number of hydrogen-bond donors (Lipinski definition) is 2. The molecule has 180 valence electrons. The Labute approximate surface area is 188 Å². The zero-order valence-corrected chi connectivity index (χ0v) is 19.8. The highest BCUT2D eigenvalue weighted by molar-refractivity contribution is 5.97. The van der Waals surface area contributed by atoms with Crippen LogP contribution in [0.25, 0.3) is 0 Å². The van der Waals surface area contributed by atoms with Crippen LogP contribution in [-0.2, 0) is 23.8 Å². The number of guanidine groups is 1. The van der Waals surface area contributed by atoms with E-state index in [1.807, 2.05) is 6.08 Å². The number of esters is 1. The van der Waals surface area contributed by atoms with Crippen LogP contribution in [0.2, 0.25) is 0 Å². The molecule has 32 heavy (non-hydrogen) atoms. The standard InChI is InChI=1S/C21H34N4O7/c1-8-30-16(27)15(23-18(28)31-20(2,3)4)11-14-9-10-25(12-14)17(22-13-26)24-19(29)32-21(5,6)7/h9,13,15H,8,10-12H2,1-7H3,(H,23,28)(H,22,24,26,29). The fraction of sp³-hybridized carbons (Fsp3) is 0.667. The zero-order valence-electron chi connectivity index (χ0n) is 19.8. The van der Waals surface area contributed by atoms with Crippen LogP contribution in [-0.4, -0.2) is 72.4 Å². The van der Waals surface area contributed by atoms with Gasteiger partial charge in [-0.05, 0) is 48.5 Å². The van der Waals surface area contributed by atoms with Crippen molar-refractivity contribution in [1.29, 1.82) is 0 Å². The molecule has 1 aliphatic heterocycles. The molecule has 0 saturated carbocycles. The summed E-state index contributed by atoms with van der Waals surface area (Å²) in [7, 11) is 0. The van der Waals surface area contributed by atoms with E-state index in [9.17, 15) is 19.2 Å². The molecule has 1 rings (SSSR count). The van der Waals surface area contributed by atoms with Crippen molar-refractivity contribution in [2.75, 3.05) is 19.7 Å². The lowest BCUT2D eigenvalue weighted by Gasteiger charge is -2.25. The average molecular weight is 455 g/mol. The Morgan fingerprint density at radius 1 is 1.12 bits per heavy atom. The molecule has 0 bridgehead atoms. The maximum atomic E-state index is 12.4. The topological polar surface area (TPSA) is 136 Å². The number of nitrogens with one attached hydrogen (secondary N) is 2. The van der Waals surface area contributed by atoms with E-state index >= 15 is 0 Å². The third kappa shape index (κ3) is 10.3. The van der Waals surface area contributed by atoms with Crippen LogP contribution in [0.5, 0.6) is 0 Å². The van der Waals surface area contributed by atoms with Gasteiger partial charge in [0.2, 0.25) is 12.4 Å². The lowest BCUT2D eigenvalue weighted by molar-refractivity contribution is -0.145. The number of hydrogen-bond acceptors (Lipinski definition) is 7. The predicted molar refractivity (Wildman–Crippen MR) is 117 cm³/mol. The van der Waals surface area contributed by atoms with Crippen molar-refractivity contribution in [3.8, 4) is 0 Å². The Bertz CT molecular complexity index is 763. The van der Waals surface area contributed by atoms with Gasteiger partial charge in [-0.25, -0.2) is 14.4 Å². The first kappa shape index (κ1) is 26.9. The van der Waals surface area contributed by atoms with Crippen molar-refractivity contribution in [3.63, 3.8) is 0 Å². The Morgan fingerprint density at radius 2 is 1.72 bits per heavy atom. The highest BCUT2D eigenvalue weighted by Gasteiger charge is 2.29. The molecule has 0 spiro atoms. The van der Waals surface area contributed by atoms with E-state index in [1.54, 1.807) is 53.4 Å². The summed E-state index contributed by atoms with van der Waals surface area (Å²) < 4.78 is 15.5. The predicted octanol–water partition coefficient (Wildman–Crippen LogP) is 2.11. The first-order valence-corrected chi connectivity index (χ1v) is 10.3. The van der Waals surface area contributed by atoms with Crippen LogP contribution < -0.4 is 10.6 Å². The molecule has 0 aromatic carbocycles. The first-order valence-electron chi connectivity index (χ1n) is 10.3. The van der Waals surface area contributed by atoms with E-state index in [-0.39, 0.29) is 25.5 Å². The van der Waals surface area contributed by atoms with Gasteiger partial charge >= 0.3 is 18.2 Å². The van der Waals surface area contributed by atoms with Crippen molar-refractivity contribution < 1.29 is 33.4 Å². The largest absolute Gasteiger partial charge is 0.464 e. The molecule has 1 atom stereocenters. The van der Waals surface area contributed by atoms with E-state index in [1.165, 1.54) is 0 Å². The number of rotatable bonds is 6. The molecule has 0 aromatic rings. The Hall–Kier alpha value is -3.11. The number of ether oxygens (including phenoxy) is 3. The second kappa shape index (κ2) is 11.5. The van der Waals surface area contributed by atoms with Gasteiger partial charge in [-0.15, -0.1) is 0 Å². The monoisotopic (exact) mass is 454 g/mol. The third-order valence-corrected chi connectivity index (χ3v) is 3.81. The molecule has 0 aliphatic carbocycles. The number of alkyl carbamates (subject to hydrolysis) is 2. The fourth-order valence-corrected chi connectivity index (χ4v) is 2.71. The van der Waals surface area contributed by atoms with Gasteiger partial charge < -0.3 is 24.4 Å². The first-order chi connectivity index (χ1) is 14.7. The van der Waals surface area contributed by atoms with Crippen molar-refractivity contribution in [2.45, 2.75) is 72.1 Å². The van der Waals surface area contributed by atoms with Crippen LogP contribution in [0.3, 0.4) is 0 Å². The van der Waals surface area contributed by atoms with Crippen LogP contribution in [0, 0.1) is 0 Å². The lowest BCUT2D eigenvalue weighted by Crippen LogP contribution is -2.46. The van der Waals surface area contributed by atoms with Crippen LogP contribution in [0.4, 0.5) is 9.59 Å². The SMILES string of the molecule is CCOC(=O)C(CC1=CCN(C(=NC=O)NC(=O)OC(C)(C)C)C1)NC(=O)OC(C)(C)C. The third-order valence-electron chi connectivity index (χ3n) is 3.81. The Balaban J connectivity index is 2.82. The molecule has 11 heteroatoms. The van der Waals surface area contributed by atoms with E-state index in [2.05, 4.69) is 15.6 Å². The summed E-state index contributed by atoms with van der Waals surface area (Å²) in [4.78, 5) is 52.8. The molecule has 1 unspecified atom stereocenters. The number of nitrogens with zero attached hydrogens (tertiary/aromatic N) is 2. The maximum absolute atomic E-state index is 12.4. The van der Waals surface area contributed by atoms with Gasteiger partial charge in [0.15, 0.2) is 0 Å². The van der Waals surface area contributed by atoms with Crippen LogP contribution in [0.15, 0.2) is 16.6 Å². The average Bonchev–Trinajstić information content (AvgIpc) is 3.06. The van der Waals surface area contributed by atoms with Crippen LogP contribution in [0.1, 0.15) is 54.9 Å². The van der Waals surface area contributed by atoms with Crippen molar-refractivity contribution >= 4 is 30.5 Å². The molecular formula is C21H34N4O7. The minimum atomic E-state index is -0.957. The molecule has 2 N–H and O–H groups in total. The second-order valence-corrected chi connectivity index (χ2v) is 9.08. The smallest absolute Gasteiger partial charge is 0.414 e. The summed E-state index contributed by atoms with van der Waals surface area (Å²) in [6, 6.07) is -0.957. The van der Waals surface area contributed by atoms with Gasteiger partial charge in [0.1, 0.15) is 17.2 Å². The van der Waals surface area contributed by atoms with E-state index in [0.717, 1.165) is 5.57 Å². The fourth-order valence-electron chi connectivity index (χ4n) is 2.71. The summed E-state index contributed by atoms with van der Waals surface area (Å²) in [6.07, 6.45) is 0.814. The van der Waals surface area contributed by atoms with Crippen LogP contribution >= 0.6 is 0 Å². The molecule has 11 nitrogen and oxygen atoms in total. The number of carbonyl (C=O) groups excluding carboxylic acids is 4. The normalized spacial score (nSPS) is 15.4. The van der Waals surface area contributed by atoms with E-state index in [4.69, 9.17) is 14.2 Å². The molecule has 0 fully saturated rings. The Morgan fingerprint density at radius 3 is 2.25 bits per heavy atom. The highest BCUT2D eigenvalue weighted by Crippen LogP contribution is 2.17. The van der Waals surface area contributed by atoms with E-state index < -0.39 is 35.4 Å². The molecule has 1 heterocycles. The zero-order chi connectivity index (χ0) is 24.5. The van der Waals surface area contributed by atoms with Crippen molar-refractivity contribution in [2.24, 2.45) is 4.99 Å². The summed E-state index contributed by atoms with van der Waals surface area (Å²) in [5, 5.41) is 5.00. The molecule has 0 aromatic heterocycles. The minimum Gasteiger partial charge on any atom is -0.464 e. The van der Waals surface area contributed by atoms with Gasteiger partial charge in [0.05, 0.1) is 6.61 Å². The lowest BCUT2D eigenvalue weighted by atomic mass is 10.1. The summed E-state index contributed by atoms with van der Waals surface area (Å²) >= 11 is 0. The quantitative estimate of drug-likeness (QED) is 0.156. The summed E-state index contributed by atoms with van der Waals surface area (Å²) in [6.45, 7) is 12.7. The van der Waals surface area contributed by atoms with Gasteiger partial charge in [0, 0.05) is 19.5 Å². The molecule has 0 saturated heterocycles. The van der Waals surface area contributed by atoms with Gasteiger partial charge in [0.25, 0.3) is 0 Å². The second-order valence-electron chi connectivity index (χ2n) is 9.08. The van der Waals surface area contributed by atoms with Crippen molar-refractivity contribution in [3.05, 3.63) is 11.6 Å². The molecule has 0 radical (unpaired) electrons. The number of aliphatic imine (C=N–C) groups is 1. The summed E-state index contributed by atoms with van der Waals surface area (Å²) in [5.41, 5.74) is -0.658. The van der Waals surface area contributed by atoms with Gasteiger partial charge in [-0.2, -0.15) is 4.99 Å². The minimum absolute atomic E-state index is 0.0216. The Kier molecular flexibility index (Phi) is 9.67. The van der Waals surface area contributed by atoms with Gasteiger partial charge in [-0.3, -0.25) is 10.1 Å². The summed E-state index contributed by atoms with van der Waals surface area (Å²) in [5.74, 6) is -0.570. The number of carbonyl (C=O) groups is 4. The molecular weight excluding hydrogens is 420 g/mol. The van der Waals surface area contributed by atoms with Crippen molar-refractivity contribution in [1.82, 2.24) is 15.5 Å². The molecule has 3 amide bonds.